The second-order valence-electron chi connectivity index (χ2n) is 7.36. The number of carbonyl (C=O) groups is 1. The van der Waals surface area contributed by atoms with Gasteiger partial charge in [0.2, 0.25) is 17.7 Å². The largest absolute Gasteiger partial charge is 0.493 e. The van der Waals surface area contributed by atoms with Gasteiger partial charge in [0.05, 0.1) is 14.2 Å². The molecule has 0 unspecified atom stereocenters. The van der Waals surface area contributed by atoms with Gasteiger partial charge in [-0.05, 0) is 47.7 Å². The summed E-state index contributed by atoms with van der Waals surface area (Å²) in [7, 11) is 3.22. The molecule has 4 aromatic rings. The Labute approximate surface area is 186 Å². The highest BCUT2D eigenvalue weighted by Gasteiger charge is 2.12. The Morgan fingerprint density at radius 3 is 2.66 bits per heavy atom. The lowest BCUT2D eigenvalue weighted by Gasteiger charge is -2.11. The minimum absolute atomic E-state index is 0.0561. The van der Waals surface area contributed by atoms with Crippen LogP contribution in [0.15, 0.2) is 53.1 Å². The smallest absolute Gasteiger partial charge is 0.247 e. The molecule has 0 saturated carbocycles. The second-order valence-corrected chi connectivity index (χ2v) is 7.36. The van der Waals surface area contributed by atoms with E-state index in [1.54, 1.807) is 14.2 Å². The first-order chi connectivity index (χ1) is 15.6. The molecule has 0 aliphatic carbocycles. The lowest BCUT2D eigenvalue weighted by molar-refractivity contribution is -0.121. The fourth-order valence-corrected chi connectivity index (χ4v) is 3.56. The van der Waals surface area contributed by atoms with Crippen molar-refractivity contribution < 1.29 is 18.7 Å². The Kier molecular flexibility index (Phi) is 6.39. The van der Waals surface area contributed by atoms with Gasteiger partial charge in [0.1, 0.15) is 6.54 Å². The van der Waals surface area contributed by atoms with Crippen molar-refractivity contribution in [2.75, 3.05) is 20.8 Å². The van der Waals surface area contributed by atoms with Gasteiger partial charge in [-0.1, -0.05) is 19.1 Å². The molecule has 166 valence electrons. The van der Waals surface area contributed by atoms with Crippen LogP contribution in [-0.4, -0.2) is 41.4 Å². The summed E-state index contributed by atoms with van der Waals surface area (Å²) in [6.45, 7) is 2.72. The standard InChI is InChI=1S/C24H26N4O4/c1-4-23-26-27-24(32-23)18-7-6-17-10-12-28(19(17)14-18)15-22(29)25-11-9-16-5-8-20(30-2)21(13-16)31-3/h5-8,10,12-14H,4,9,11,15H2,1-3H3,(H,25,29). The minimum Gasteiger partial charge on any atom is -0.493 e. The number of nitrogens with one attached hydrogen (secondary N) is 1. The zero-order valence-electron chi connectivity index (χ0n) is 18.4. The van der Waals surface area contributed by atoms with E-state index >= 15 is 0 Å². The zero-order chi connectivity index (χ0) is 22.5. The van der Waals surface area contributed by atoms with Crippen molar-refractivity contribution in [2.24, 2.45) is 0 Å². The summed E-state index contributed by atoms with van der Waals surface area (Å²) in [5.41, 5.74) is 2.83. The van der Waals surface area contributed by atoms with Gasteiger partial charge in [0.25, 0.3) is 0 Å². The Morgan fingerprint density at radius 1 is 1.06 bits per heavy atom. The predicted octanol–water partition coefficient (Wildman–Crippen LogP) is 3.63. The summed E-state index contributed by atoms with van der Waals surface area (Å²) in [5, 5.41) is 12.2. The van der Waals surface area contributed by atoms with Crippen LogP contribution in [0.1, 0.15) is 18.4 Å². The van der Waals surface area contributed by atoms with E-state index in [2.05, 4.69) is 15.5 Å². The molecule has 1 N–H and O–H groups in total. The van der Waals surface area contributed by atoms with E-state index in [-0.39, 0.29) is 12.5 Å². The van der Waals surface area contributed by atoms with Crippen molar-refractivity contribution in [2.45, 2.75) is 26.3 Å². The van der Waals surface area contributed by atoms with Crippen LogP contribution in [0.25, 0.3) is 22.4 Å². The lowest BCUT2D eigenvalue weighted by atomic mass is 10.1. The van der Waals surface area contributed by atoms with Crippen molar-refractivity contribution in [1.82, 2.24) is 20.1 Å². The maximum absolute atomic E-state index is 12.5. The number of aromatic nitrogens is 3. The summed E-state index contributed by atoms with van der Waals surface area (Å²) in [6.07, 6.45) is 3.29. The van der Waals surface area contributed by atoms with E-state index in [1.807, 2.05) is 60.2 Å². The maximum atomic E-state index is 12.5. The molecule has 0 aliphatic heterocycles. The van der Waals surface area contributed by atoms with Crippen LogP contribution in [0.5, 0.6) is 11.5 Å². The number of methoxy groups -OCH3 is 2. The molecular weight excluding hydrogens is 408 g/mol. The van der Waals surface area contributed by atoms with Gasteiger partial charge in [-0.3, -0.25) is 4.79 Å². The number of amides is 1. The molecule has 8 heteroatoms. The number of benzene rings is 2. The van der Waals surface area contributed by atoms with Gasteiger partial charge >= 0.3 is 0 Å². The van der Waals surface area contributed by atoms with Crippen molar-refractivity contribution in [3.05, 3.63) is 60.1 Å². The molecule has 0 atom stereocenters. The molecule has 4 rings (SSSR count). The fourth-order valence-electron chi connectivity index (χ4n) is 3.56. The molecule has 0 fully saturated rings. The van der Waals surface area contributed by atoms with E-state index in [1.165, 1.54) is 0 Å². The van der Waals surface area contributed by atoms with E-state index in [0.29, 0.717) is 42.7 Å². The fraction of sp³-hybridized carbons (Fsp3) is 0.292. The number of nitrogens with zero attached hydrogens (tertiary/aromatic N) is 3. The minimum atomic E-state index is -0.0561. The Balaban J connectivity index is 1.39. The van der Waals surface area contributed by atoms with Crippen LogP contribution in [0, 0.1) is 0 Å². The average Bonchev–Trinajstić information content (AvgIpc) is 3.46. The number of fused-ring (bicyclic) bond motifs is 1. The van der Waals surface area contributed by atoms with Gasteiger partial charge < -0.3 is 23.8 Å². The van der Waals surface area contributed by atoms with E-state index in [4.69, 9.17) is 13.9 Å². The van der Waals surface area contributed by atoms with Gasteiger partial charge in [0, 0.05) is 30.2 Å². The highest BCUT2D eigenvalue weighted by molar-refractivity contribution is 5.86. The number of carbonyl (C=O) groups excluding carboxylic acids is 1. The number of rotatable bonds is 9. The predicted molar refractivity (Wildman–Crippen MR) is 121 cm³/mol. The SMILES string of the molecule is CCc1nnc(-c2ccc3ccn(CC(=O)NCCc4ccc(OC)c(OC)c4)c3c2)o1. The van der Waals surface area contributed by atoms with Crippen molar-refractivity contribution in [1.29, 1.82) is 0 Å². The summed E-state index contributed by atoms with van der Waals surface area (Å²) in [4.78, 5) is 12.5. The molecule has 0 radical (unpaired) electrons. The van der Waals surface area contributed by atoms with E-state index in [0.717, 1.165) is 22.0 Å². The lowest BCUT2D eigenvalue weighted by Crippen LogP contribution is -2.29. The molecule has 32 heavy (non-hydrogen) atoms. The number of hydrogen-bond donors (Lipinski definition) is 1. The molecule has 0 aliphatic rings. The molecule has 0 saturated heterocycles. The Bertz CT molecular complexity index is 1230. The maximum Gasteiger partial charge on any atom is 0.247 e. The Morgan fingerprint density at radius 2 is 1.91 bits per heavy atom. The van der Waals surface area contributed by atoms with Gasteiger partial charge in [0.15, 0.2) is 11.5 Å². The second kappa shape index (κ2) is 9.55. The van der Waals surface area contributed by atoms with Crippen LogP contribution in [0.3, 0.4) is 0 Å². The monoisotopic (exact) mass is 434 g/mol. The van der Waals surface area contributed by atoms with E-state index in [9.17, 15) is 4.79 Å². The topological polar surface area (TPSA) is 91.4 Å². The van der Waals surface area contributed by atoms with Gasteiger partial charge in [-0.25, -0.2) is 0 Å². The van der Waals surface area contributed by atoms with Crippen LogP contribution < -0.4 is 14.8 Å². The number of aryl methyl sites for hydroxylation is 1. The molecule has 2 heterocycles. The van der Waals surface area contributed by atoms with Crippen LogP contribution >= 0.6 is 0 Å². The quantitative estimate of drug-likeness (QED) is 0.433. The number of hydrogen-bond acceptors (Lipinski definition) is 6. The summed E-state index contributed by atoms with van der Waals surface area (Å²) in [5.74, 6) is 2.39. The molecular formula is C24H26N4O4. The van der Waals surface area contributed by atoms with E-state index < -0.39 is 0 Å². The summed E-state index contributed by atoms with van der Waals surface area (Å²) < 4.78 is 18.2. The van der Waals surface area contributed by atoms with Gasteiger partial charge in [-0.2, -0.15) is 0 Å². The van der Waals surface area contributed by atoms with Crippen LogP contribution in [-0.2, 0) is 24.2 Å². The normalized spacial score (nSPS) is 11.0. The molecule has 8 nitrogen and oxygen atoms in total. The summed E-state index contributed by atoms with van der Waals surface area (Å²) >= 11 is 0. The Hall–Kier alpha value is -3.81. The first-order valence-corrected chi connectivity index (χ1v) is 10.5. The summed E-state index contributed by atoms with van der Waals surface area (Å²) in [6, 6.07) is 13.7. The third-order valence-corrected chi connectivity index (χ3v) is 5.29. The molecule has 0 spiro atoms. The number of ether oxygens (including phenoxy) is 2. The first-order valence-electron chi connectivity index (χ1n) is 10.5. The van der Waals surface area contributed by atoms with Crippen LogP contribution in [0.2, 0.25) is 0 Å². The van der Waals surface area contributed by atoms with Crippen molar-refractivity contribution in [3.8, 4) is 23.0 Å². The average molecular weight is 434 g/mol. The molecule has 2 aromatic heterocycles. The molecule has 2 aromatic carbocycles. The third-order valence-electron chi connectivity index (χ3n) is 5.29. The zero-order valence-corrected chi connectivity index (χ0v) is 18.4. The van der Waals surface area contributed by atoms with Crippen molar-refractivity contribution >= 4 is 16.8 Å². The van der Waals surface area contributed by atoms with Crippen LogP contribution in [0.4, 0.5) is 0 Å². The van der Waals surface area contributed by atoms with Gasteiger partial charge in [-0.15, -0.1) is 10.2 Å². The van der Waals surface area contributed by atoms with Crippen molar-refractivity contribution in [3.63, 3.8) is 0 Å². The highest BCUT2D eigenvalue weighted by Crippen LogP contribution is 2.27. The molecule has 0 bridgehead atoms. The molecule has 1 amide bonds. The highest BCUT2D eigenvalue weighted by atomic mass is 16.5. The third kappa shape index (κ3) is 4.59. The first kappa shape index (κ1) is 21.4.